The van der Waals surface area contributed by atoms with Gasteiger partial charge in [-0.05, 0) is 23.6 Å². The van der Waals surface area contributed by atoms with Crippen LogP contribution >= 0.6 is 12.6 Å². The second-order valence-electron chi connectivity index (χ2n) is 9.57. The van der Waals surface area contributed by atoms with Gasteiger partial charge in [0.15, 0.2) is 0 Å². The van der Waals surface area contributed by atoms with Crippen molar-refractivity contribution >= 4 is 53.1 Å². The van der Waals surface area contributed by atoms with E-state index in [0.29, 0.717) is 5.56 Å². The van der Waals surface area contributed by atoms with Gasteiger partial charge in [-0.15, -0.1) is 0 Å². The van der Waals surface area contributed by atoms with Gasteiger partial charge in [-0.25, -0.2) is 4.79 Å². The Kier molecular flexibility index (Phi) is 11.3. The minimum atomic E-state index is -1.40. The van der Waals surface area contributed by atoms with E-state index in [4.69, 9.17) is 11.5 Å². The summed E-state index contributed by atoms with van der Waals surface area (Å²) in [5, 5.41) is 18.1. The fraction of sp³-hybridized carbons (Fsp3) is 0.321. The van der Waals surface area contributed by atoms with Crippen LogP contribution in [0.25, 0.3) is 10.9 Å². The fourth-order valence-corrected chi connectivity index (χ4v) is 4.40. The highest BCUT2D eigenvalue weighted by molar-refractivity contribution is 7.80. The maximum atomic E-state index is 13.6. The van der Waals surface area contributed by atoms with Gasteiger partial charge in [-0.1, -0.05) is 48.5 Å². The molecule has 3 rings (SSSR count). The molecular formula is C28H34N6O6S. The molecule has 0 saturated carbocycles. The molecule has 0 saturated heterocycles. The van der Waals surface area contributed by atoms with E-state index in [2.05, 4.69) is 33.6 Å². The number of carboxylic acid groups (broad SMARTS) is 1. The molecule has 0 radical (unpaired) electrons. The van der Waals surface area contributed by atoms with E-state index < -0.39 is 53.8 Å². The number of hydrogen-bond acceptors (Lipinski definition) is 7. The molecule has 4 atom stereocenters. The van der Waals surface area contributed by atoms with Crippen molar-refractivity contribution in [2.24, 2.45) is 11.5 Å². The number of aliphatic carboxylic acids is 1. The molecule has 4 unspecified atom stereocenters. The first-order chi connectivity index (χ1) is 19.6. The third kappa shape index (κ3) is 9.08. The van der Waals surface area contributed by atoms with Crippen molar-refractivity contribution in [3.8, 4) is 0 Å². The molecular weight excluding hydrogens is 548 g/mol. The van der Waals surface area contributed by atoms with Crippen LogP contribution in [0, 0.1) is 0 Å². The maximum absolute atomic E-state index is 13.6. The number of carbonyl (C=O) groups is 5. The maximum Gasteiger partial charge on any atom is 0.326 e. The van der Waals surface area contributed by atoms with E-state index in [0.717, 1.165) is 16.5 Å². The summed E-state index contributed by atoms with van der Waals surface area (Å²) >= 11 is 4.06. The van der Waals surface area contributed by atoms with Gasteiger partial charge in [-0.3, -0.25) is 19.2 Å². The number of para-hydroxylation sites is 1. The minimum Gasteiger partial charge on any atom is -0.480 e. The second-order valence-corrected chi connectivity index (χ2v) is 9.93. The molecule has 2 aromatic carbocycles. The zero-order chi connectivity index (χ0) is 29.9. The van der Waals surface area contributed by atoms with Gasteiger partial charge < -0.3 is 37.5 Å². The highest BCUT2D eigenvalue weighted by Crippen LogP contribution is 2.19. The third-order valence-corrected chi connectivity index (χ3v) is 6.87. The van der Waals surface area contributed by atoms with Crippen molar-refractivity contribution in [1.29, 1.82) is 0 Å². The van der Waals surface area contributed by atoms with Crippen LogP contribution in [0.3, 0.4) is 0 Å². The smallest absolute Gasteiger partial charge is 0.326 e. The number of H-pyrrole nitrogens is 1. The van der Waals surface area contributed by atoms with E-state index in [9.17, 15) is 29.1 Å². The molecule has 12 nitrogen and oxygen atoms in total. The summed E-state index contributed by atoms with van der Waals surface area (Å²) in [7, 11) is 0. The van der Waals surface area contributed by atoms with Gasteiger partial charge in [0.05, 0.1) is 6.04 Å². The summed E-state index contributed by atoms with van der Waals surface area (Å²) in [5.41, 5.74) is 13.3. The monoisotopic (exact) mass is 582 g/mol. The number of carboxylic acids is 1. The van der Waals surface area contributed by atoms with Crippen LogP contribution in [0.2, 0.25) is 0 Å². The van der Waals surface area contributed by atoms with Crippen LogP contribution in [0.4, 0.5) is 0 Å². The predicted molar refractivity (Wildman–Crippen MR) is 156 cm³/mol. The molecule has 0 aliphatic rings. The standard InChI is InChI=1S/C28H34N6O6S/c29-19(15-41)25(36)33-23(13-17-14-31-20-9-5-4-8-18(17)20)27(38)34-22(12-16-6-2-1-3-7-16)26(37)32-21(28(39)40)10-11-24(30)35/h1-9,14,19,21-23,31,41H,10-13,15,29H2,(H2,30,35)(H,32,37)(H,33,36)(H,34,38)(H,39,40). The van der Waals surface area contributed by atoms with Crippen LogP contribution in [0.5, 0.6) is 0 Å². The summed E-state index contributed by atoms with van der Waals surface area (Å²) in [6.45, 7) is 0. The van der Waals surface area contributed by atoms with Gasteiger partial charge in [0.2, 0.25) is 23.6 Å². The highest BCUT2D eigenvalue weighted by atomic mass is 32.1. The highest BCUT2D eigenvalue weighted by Gasteiger charge is 2.31. The number of benzene rings is 2. The summed E-state index contributed by atoms with van der Waals surface area (Å²) in [4.78, 5) is 65.7. The fourth-order valence-electron chi connectivity index (χ4n) is 4.24. The van der Waals surface area contributed by atoms with E-state index >= 15 is 0 Å². The molecule has 1 aromatic heterocycles. The van der Waals surface area contributed by atoms with Crippen molar-refractivity contribution in [2.45, 2.75) is 49.9 Å². The van der Waals surface area contributed by atoms with Gasteiger partial charge >= 0.3 is 5.97 Å². The van der Waals surface area contributed by atoms with E-state index in [-0.39, 0.29) is 31.4 Å². The average Bonchev–Trinajstić information content (AvgIpc) is 3.36. The van der Waals surface area contributed by atoms with Gasteiger partial charge in [-0.2, -0.15) is 12.6 Å². The number of amides is 4. The Labute approximate surface area is 242 Å². The summed E-state index contributed by atoms with van der Waals surface area (Å²) in [6.07, 6.45) is 1.38. The Bertz CT molecular complexity index is 1380. The number of rotatable bonds is 15. The van der Waals surface area contributed by atoms with E-state index in [1.807, 2.05) is 24.3 Å². The SMILES string of the molecule is NC(=O)CCC(NC(=O)C(Cc1ccccc1)NC(=O)C(Cc1c[nH]c2ccccc12)NC(=O)C(N)CS)C(=O)O. The minimum absolute atomic E-state index is 0.0322. The van der Waals surface area contributed by atoms with Crippen LogP contribution in [0.1, 0.15) is 24.0 Å². The summed E-state index contributed by atoms with van der Waals surface area (Å²) in [6, 6.07) is 11.6. The number of hydrogen-bond donors (Lipinski definition) is 8. The average molecular weight is 583 g/mol. The lowest BCUT2D eigenvalue weighted by Gasteiger charge is -2.25. The molecule has 0 aliphatic heterocycles. The van der Waals surface area contributed by atoms with Crippen molar-refractivity contribution in [3.63, 3.8) is 0 Å². The Morgan fingerprint density at radius 3 is 2.05 bits per heavy atom. The number of fused-ring (bicyclic) bond motifs is 1. The topological polar surface area (TPSA) is 209 Å². The first kappa shape index (κ1) is 31.2. The largest absolute Gasteiger partial charge is 0.480 e. The molecule has 3 aromatic rings. The predicted octanol–water partition coefficient (Wildman–Crippen LogP) is 0.0147. The lowest BCUT2D eigenvalue weighted by atomic mass is 10.0. The normalized spacial score (nSPS) is 13.9. The molecule has 41 heavy (non-hydrogen) atoms. The Balaban J connectivity index is 1.87. The van der Waals surface area contributed by atoms with Gasteiger partial charge in [0.25, 0.3) is 0 Å². The summed E-state index contributed by atoms with van der Waals surface area (Å²) < 4.78 is 0. The van der Waals surface area contributed by atoms with Crippen molar-refractivity contribution < 1.29 is 29.1 Å². The Hall–Kier alpha value is -4.36. The van der Waals surface area contributed by atoms with Crippen molar-refractivity contribution in [3.05, 3.63) is 71.9 Å². The molecule has 0 bridgehead atoms. The number of primary amides is 1. The van der Waals surface area contributed by atoms with Crippen molar-refractivity contribution in [1.82, 2.24) is 20.9 Å². The van der Waals surface area contributed by atoms with Crippen LogP contribution in [0.15, 0.2) is 60.8 Å². The number of nitrogens with two attached hydrogens (primary N) is 2. The Morgan fingerprint density at radius 1 is 0.829 bits per heavy atom. The molecule has 0 fully saturated rings. The zero-order valence-corrected chi connectivity index (χ0v) is 23.1. The van der Waals surface area contributed by atoms with Crippen LogP contribution in [-0.4, -0.2) is 69.6 Å². The number of aromatic amines is 1. The van der Waals surface area contributed by atoms with Crippen LogP contribution < -0.4 is 27.4 Å². The zero-order valence-electron chi connectivity index (χ0n) is 22.2. The number of thiol groups is 1. The van der Waals surface area contributed by atoms with E-state index in [1.54, 1.807) is 36.5 Å². The number of aromatic nitrogens is 1. The molecule has 0 aliphatic carbocycles. The molecule has 13 heteroatoms. The summed E-state index contributed by atoms with van der Waals surface area (Å²) in [5.74, 6) is -4.06. The molecule has 0 spiro atoms. The molecule has 218 valence electrons. The lowest BCUT2D eigenvalue weighted by molar-refractivity contribution is -0.142. The first-order valence-electron chi connectivity index (χ1n) is 13.0. The van der Waals surface area contributed by atoms with Crippen molar-refractivity contribution in [2.75, 3.05) is 5.75 Å². The molecule has 1 heterocycles. The number of carbonyl (C=O) groups excluding carboxylic acids is 4. The molecule has 4 amide bonds. The van der Waals surface area contributed by atoms with E-state index in [1.165, 1.54) is 0 Å². The van der Waals surface area contributed by atoms with Crippen LogP contribution in [-0.2, 0) is 36.8 Å². The van der Waals surface area contributed by atoms with Gasteiger partial charge in [0, 0.05) is 42.1 Å². The number of nitrogens with one attached hydrogen (secondary N) is 4. The second kappa shape index (κ2) is 14.9. The Morgan fingerprint density at radius 2 is 1.41 bits per heavy atom. The van der Waals surface area contributed by atoms with Gasteiger partial charge in [0.1, 0.15) is 18.1 Å². The quantitative estimate of drug-likeness (QED) is 0.115. The first-order valence-corrected chi connectivity index (χ1v) is 13.6. The third-order valence-electron chi connectivity index (χ3n) is 6.48. The molecule has 9 N–H and O–H groups in total. The lowest BCUT2D eigenvalue weighted by Crippen LogP contribution is -2.58.